The predicted molar refractivity (Wildman–Crippen MR) is 84.9 cm³/mol. The molecule has 0 aromatic carbocycles. The van der Waals surface area contributed by atoms with E-state index in [0.29, 0.717) is 25.1 Å². The number of carboxylic acids is 2. The molecule has 11 heteroatoms. The van der Waals surface area contributed by atoms with E-state index in [-0.39, 0.29) is 24.5 Å². The molecule has 1 fully saturated rings. The van der Waals surface area contributed by atoms with Crippen molar-refractivity contribution in [3.63, 3.8) is 0 Å². The summed E-state index contributed by atoms with van der Waals surface area (Å²) in [5, 5.41) is 27.9. The molecule has 5 N–H and O–H groups in total. The van der Waals surface area contributed by atoms with Crippen LogP contribution < -0.4 is 11.1 Å². The summed E-state index contributed by atoms with van der Waals surface area (Å²) in [6.45, 7) is 0.470. The topological polar surface area (TPSA) is 182 Å². The maximum Gasteiger partial charge on any atom is 0.328 e. The Labute approximate surface area is 143 Å². The van der Waals surface area contributed by atoms with E-state index in [9.17, 15) is 24.5 Å². The first-order valence-electron chi connectivity index (χ1n) is 7.68. The van der Waals surface area contributed by atoms with Crippen molar-refractivity contribution in [2.45, 2.75) is 38.2 Å². The second kappa shape index (κ2) is 12.7. The number of hydrogen-bond acceptors (Lipinski definition) is 7. The Morgan fingerprint density at radius 3 is 2.24 bits per heavy atom. The monoisotopic (exact) mass is 361 g/mol. The van der Waals surface area contributed by atoms with E-state index in [2.05, 4.69) is 10.2 Å². The minimum Gasteiger partial charge on any atom is -0.478 e. The first-order valence-corrected chi connectivity index (χ1v) is 7.68. The van der Waals surface area contributed by atoms with Crippen LogP contribution in [0.25, 0.3) is 0 Å². The van der Waals surface area contributed by atoms with Crippen LogP contribution in [0.5, 0.6) is 0 Å². The van der Waals surface area contributed by atoms with Crippen molar-refractivity contribution in [3.8, 4) is 0 Å². The van der Waals surface area contributed by atoms with Crippen LogP contribution in [-0.4, -0.2) is 52.3 Å². The zero-order valence-corrected chi connectivity index (χ0v) is 13.6. The lowest BCUT2D eigenvalue weighted by Crippen LogP contribution is -2.35. The summed E-state index contributed by atoms with van der Waals surface area (Å²) in [6, 6.07) is 0. The maximum absolute atomic E-state index is 10.9. The van der Waals surface area contributed by atoms with Crippen LogP contribution in [0, 0.1) is 16.0 Å². The molecule has 0 spiro atoms. The normalized spacial score (nSPS) is 19.4. The second-order valence-corrected chi connectivity index (χ2v) is 5.26. The number of nitrogens with one attached hydrogen (secondary N) is 1. The van der Waals surface area contributed by atoms with Crippen LogP contribution in [0.2, 0.25) is 0 Å². The number of nitrogens with zero attached hydrogens (tertiary/aromatic N) is 1. The summed E-state index contributed by atoms with van der Waals surface area (Å²) in [6.07, 6.45) is 5.15. The van der Waals surface area contributed by atoms with Gasteiger partial charge in [0.05, 0.1) is 6.54 Å². The van der Waals surface area contributed by atoms with Crippen LogP contribution >= 0.6 is 0 Å². The first kappa shape index (κ1) is 22.3. The minimum absolute atomic E-state index is 0.0283. The Morgan fingerprint density at radius 1 is 1.20 bits per heavy atom. The minimum atomic E-state index is -1.26. The summed E-state index contributed by atoms with van der Waals surface area (Å²) in [7, 11) is 0. The molecule has 0 heterocycles. The standard InChI is InChI=1S/C10H19N3O4.C4H4O4/c11-7-10(14)12-6-5-8-3-1-2-4-9(8)17-13(15)16;5-3(6)1-2-4(7)8/h8-9H,1-7,11H2,(H,12,14);1-2H,(H,5,6)(H,7,8). The number of nitrogens with two attached hydrogens (primary N) is 1. The predicted octanol–water partition coefficient (Wildman–Crippen LogP) is -0.0697. The SMILES string of the molecule is NCC(=O)NCCC1CCCCC1O[N+](=O)[O-].O=C(O)C=CC(=O)O. The third-order valence-corrected chi connectivity index (χ3v) is 3.45. The van der Waals surface area contributed by atoms with E-state index in [1.165, 1.54) is 0 Å². The van der Waals surface area contributed by atoms with Gasteiger partial charge in [0.2, 0.25) is 5.91 Å². The fourth-order valence-electron chi connectivity index (χ4n) is 2.36. The molecule has 1 rings (SSSR count). The van der Waals surface area contributed by atoms with Gasteiger partial charge in [-0.2, -0.15) is 0 Å². The lowest BCUT2D eigenvalue weighted by Gasteiger charge is -2.29. The zero-order chi connectivity index (χ0) is 19.2. The van der Waals surface area contributed by atoms with Gasteiger partial charge in [-0.25, -0.2) is 9.59 Å². The molecule has 1 saturated carbocycles. The summed E-state index contributed by atoms with van der Waals surface area (Å²) < 4.78 is 0. The molecule has 1 amide bonds. The number of carboxylic acid groups (broad SMARTS) is 2. The van der Waals surface area contributed by atoms with E-state index >= 15 is 0 Å². The van der Waals surface area contributed by atoms with Gasteiger partial charge in [-0.15, -0.1) is 10.1 Å². The number of carbonyl (C=O) groups is 3. The van der Waals surface area contributed by atoms with Gasteiger partial charge in [0, 0.05) is 18.7 Å². The van der Waals surface area contributed by atoms with Crippen LogP contribution in [0.15, 0.2) is 12.2 Å². The molecule has 11 nitrogen and oxygen atoms in total. The number of carbonyl (C=O) groups excluding carboxylic acids is 1. The molecule has 0 aromatic rings. The summed E-state index contributed by atoms with van der Waals surface area (Å²) in [4.78, 5) is 45.1. The number of rotatable bonds is 8. The summed E-state index contributed by atoms with van der Waals surface area (Å²) in [5.74, 6) is -2.57. The van der Waals surface area contributed by atoms with Gasteiger partial charge in [-0.05, 0) is 25.2 Å². The fourth-order valence-corrected chi connectivity index (χ4v) is 2.36. The van der Waals surface area contributed by atoms with Gasteiger partial charge < -0.3 is 26.1 Å². The molecule has 2 unspecified atom stereocenters. The Bertz CT molecular complexity index is 478. The van der Waals surface area contributed by atoms with Crippen molar-refractivity contribution in [1.82, 2.24) is 5.32 Å². The van der Waals surface area contributed by atoms with E-state index in [1.54, 1.807) is 0 Å². The highest BCUT2D eigenvalue weighted by molar-refractivity contribution is 5.89. The molecule has 0 aromatic heterocycles. The Balaban J connectivity index is 0.000000609. The van der Waals surface area contributed by atoms with Crippen LogP contribution in [-0.2, 0) is 19.2 Å². The highest BCUT2D eigenvalue weighted by Gasteiger charge is 2.27. The smallest absolute Gasteiger partial charge is 0.328 e. The van der Waals surface area contributed by atoms with E-state index in [4.69, 9.17) is 15.9 Å². The summed E-state index contributed by atoms with van der Waals surface area (Å²) >= 11 is 0. The van der Waals surface area contributed by atoms with Gasteiger partial charge in [-0.1, -0.05) is 12.8 Å². The van der Waals surface area contributed by atoms with E-state index < -0.39 is 17.0 Å². The van der Waals surface area contributed by atoms with E-state index in [0.717, 1.165) is 25.7 Å². The lowest BCUT2D eigenvalue weighted by molar-refractivity contribution is -0.771. The molecule has 0 saturated heterocycles. The largest absolute Gasteiger partial charge is 0.478 e. The number of amides is 1. The summed E-state index contributed by atoms with van der Waals surface area (Å²) in [5.41, 5.74) is 5.16. The zero-order valence-electron chi connectivity index (χ0n) is 13.6. The van der Waals surface area contributed by atoms with Crippen LogP contribution in [0.4, 0.5) is 0 Å². The average molecular weight is 361 g/mol. The van der Waals surface area contributed by atoms with Gasteiger partial charge in [0.25, 0.3) is 5.09 Å². The Hall–Kier alpha value is -2.69. The molecule has 25 heavy (non-hydrogen) atoms. The van der Waals surface area contributed by atoms with Crippen molar-refractivity contribution in [3.05, 3.63) is 22.3 Å². The van der Waals surface area contributed by atoms with Crippen molar-refractivity contribution >= 4 is 17.8 Å². The highest BCUT2D eigenvalue weighted by atomic mass is 17.0. The molecule has 1 aliphatic rings. The number of aliphatic carboxylic acids is 2. The second-order valence-electron chi connectivity index (χ2n) is 5.26. The molecule has 1 aliphatic carbocycles. The Morgan fingerprint density at radius 2 is 1.76 bits per heavy atom. The Kier molecular flexibility index (Phi) is 11.3. The molecule has 0 radical (unpaired) electrons. The van der Waals surface area contributed by atoms with Crippen molar-refractivity contribution in [1.29, 1.82) is 0 Å². The molecule has 0 bridgehead atoms. The maximum atomic E-state index is 10.9. The first-order chi connectivity index (χ1) is 11.8. The molecule has 2 atom stereocenters. The van der Waals surface area contributed by atoms with Crippen LogP contribution in [0.1, 0.15) is 32.1 Å². The molecular formula is C14H23N3O8. The lowest BCUT2D eigenvalue weighted by atomic mass is 9.84. The molecule has 142 valence electrons. The third-order valence-electron chi connectivity index (χ3n) is 3.45. The van der Waals surface area contributed by atoms with Gasteiger partial charge in [0.1, 0.15) is 6.10 Å². The molecule has 0 aliphatic heterocycles. The quantitative estimate of drug-likeness (QED) is 0.261. The van der Waals surface area contributed by atoms with Gasteiger partial charge in [-0.3, -0.25) is 4.79 Å². The van der Waals surface area contributed by atoms with Gasteiger partial charge in [0.15, 0.2) is 0 Å². The third kappa shape index (κ3) is 12.4. The van der Waals surface area contributed by atoms with Crippen LogP contribution in [0.3, 0.4) is 0 Å². The highest BCUT2D eigenvalue weighted by Crippen LogP contribution is 2.29. The van der Waals surface area contributed by atoms with Crippen molar-refractivity contribution in [2.24, 2.45) is 11.7 Å². The van der Waals surface area contributed by atoms with E-state index in [1.807, 2.05) is 0 Å². The average Bonchev–Trinajstić information content (AvgIpc) is 2.54. The van der Waals surface area contributed by atoms with Gasteiger partial charge >= 0.3 is 11.9 Å². The fraction of sp³-hybridized carbons (Fsp3) is 0.643. The van der Waals surface area contributed by atoms with Crippen molar-refractivity contribution in [2.75, 3.05) is 13.1 Å². The molecular weight excluding hydrogens is 338 g/mol. The number of hydrogen-bond donors (Lipinski definition) is 4. The van der Waals surface area contributed by atoms with Crippen molar-refractivity contribution < 1.29 is 34.5 Å².